The number of esters is 2. The van der Waals surface area contributed by atoms with Gasteiger partial charge >= 0.3 is 25.7 Å². The molecular weight excluding hydrogens is 1220 g/mol. The number of ether oxygens (including phenoxy) is 6. The number of amides is 3. The molecule has 93 heavy (non-hydrogen) atoms. The normalized spacial score (nSPS) is 21.5. The van der Waals surface area contributed by atoms with E-state index in [-0.39, 0.29) is 25.7 Å². The molecule has 2 aliphatic heterocycles. The molecule has 0 unspecified atom stereocenters. The Bertz CT molecular complexity index is 1990. The number of hydrogen-bond donors (Lipinski definition) is 8. The van der Waals surface area contributed by atoms with Gasteiger partial charge in [0.2, 0.25) is 17.7 Å². The topological polar surface area (TPSA) is 321 Å². The average molecular weight is 1350 g/mol. The van der Waals surface area contributed by atoms with Crippen LogP contribution < -0.4 is 16.0 Å². The monoisotopic (exact) mass is 1350 g/mol. The van der Waals surface area contributed by atoms with Crippen molar-refractivity contribution >= 4 is 43.5 Å². The van der Waals surface area contributed by atoms with Crippen LogP contribution in [0.15, 0.2) is 0 Å². The molecule has 2 heterocycles. The zero-order valence-corrected chi connectivity index (χ0v) is 58.9. The number of aliphatic hydroxyl groups excluding tert-OH is 2. The second-order valence-electron chi connectivity index (χ2n) is 26.2. The molecule has 544 valence electrons. The Morgan fingerprint density at radius 1 is 0.419 bits per heavy atom. The minimum absolute atomic E-state index is 0.0255. The number of rotatable bonds is 61. The van der Waals surface area contributed by atoms with Gasteiger partial charge in [0.05, 0.1) is 13.2 Å². The number of carboxylic acids is 1. The summed E-state index contributed by atoms with van der Waals surface area (Å²) in [5.74, 6) is -4.66. The molecule has 23 heteroatoms. The van der Waals surface area contributed by atoms with Crippen molar-refractivity contribution in [2.45, 2.75) is 384 Å². The van der Waals surface area contributed by atoms with E-state index in [1.165, 1.54) is 122 Å². The summed E-state index contributed by atoms with van der Waals surface area (Å²) in [6, 6.07) is -3.06. The van der Waals surface area contributed by atoms with Crippen molar-refractivity contribution in [2.75, 3.05) is 26.4 Å². The molecule has 2 saturated heterocycles. The van der Waals surface area contributed by atoms with Crippen LogP contribution in [0, 0.1) is 0 Å². The molecule has 0 aromatic rings. The fourth-order valence-electron chi connectivity index (χ4n) is 12.2. The quantitative estimate of drug-likeness (QED) is 0.0159. The van der Waals surface area contributed by atoms with Gasteiger partial charge in [0.25, 0.3) is 0 Å². The summed E-state index contributed by atoms with van der Waals surface area (Å²) >= 11 is 0. The largest absolute Gasteiger partial charge is 0.480 e. The first kappa shape index (κ1) is 85.8. The molecule has 0 aliphatic carbocycles. The van der Waals surface area contributed by atoms with Crippen LogP contribution in [-0.2, 0) is 66.3 Å². The van der Waals surface area contributed by atoms with Gasteiger partial charge in [0.1, 0.15) is 49.7 Å². The van der Waals surface area contributed by atoms with E-state index in [9.17, 15) is 58.4 Å². The van der Waals surface area contributed by atoms with E-state index in [1.54, 1.807) is 0 Å². The summed E-state index contributed by atoms with van der Waals surface area (Å²) in [4.78, 5) is 101. The zero-order valence-electron chi connectivity index (χ0n) is 58.0. The van der Waals surface area contributed by atoms with Crippen LogP contribution >= 0.6 is 7.82 Å². The molecule has 2 aliphatic rings. The third kappa shape index (κ3) is 42.9. The van der Waals surface area contributed by atoms with Gasteiger partial charge in [-0.15, -0.1) is 0 Å². The van der Waals surface area contributed by atoms with Gasteiger partial charge in [-0.1, -0.05) is 272 Å². The lowest BCUT2D eigenvalue weighted by atomic mass is 9.95. The average Bonchev–Trinajstić information content (AvgIpc) is 0.812. The van der Waals surface area contributed by atoms with Gasteiger partial charge in [-0.05, 0) is 25.7 Å². The summed E-state index contributed by atoms with van der Waals surface area (Å²) in [6.07, 6.45) is 30.1. The van der Waals surface area contributed by atoms with Crippen LogP contribution in [0.1, 0.15) is 323 Å². The number of aliphatic hydroxyl groups is 2. The van der Waals surface area contributed by atoms with Crippen molar-refractivity contribution in [3.05, 3.63) is 0 Å². The van der Waals surface area contributed by atoms with Crippen molar-refractivity contribution < 1.29 is 91.4 Å². The minimum Gasteiger partial charge on any atom is -0.480 e. The lowest BCUT2D eigenvalue weighted by Gasteiger charge is -2.47. The van der Waals surface area contributed by atoms with Crippen LogP contribution in [0.4, 0.5) is 0 Å². The van der Waals surface area contributed by atoms with Gasteiger partial charge in [0, 0.05) is 25.7 Å². The molecule has 0 bridgehead atoms. The third-order valence-corrected chi connectivity index (χ3v) is 18.2. The molecule has 3 amide bonds. The van der Waals surface area contributed by atoms with E-state index in [2.05, 4.69) is 43.6 Å². The highest BCUT2D eigenvalue weighted by atomic mass is 31.2. The highest BCUT2D eigenvalue weighted by Crippen LogP contribution is 2.42. The van der Waals surface area contributed by atoms with Gasteiger partial charge in [0.15, 0.2) is 24.8 Å². The number of nitrogens with one attached hydrogen (secondary N) is 3. The maximum Gasteiger partial charge on any atom is 0.470 e. The van der Waals surface area contributed by atoms with Gasteiger partial charge in [-0.25, -0.2) is 9.36 Å². The van der Waals surface area contributed by atoms with Crippen LogP contribution in [0.25, 0.3) is 0 Å². The van der Waals surface area contributed by atoms with E-state index in [0.717, 1.165) is 116 Å². The van der Waals surface area contributed by atoms with E-state index in [1.807, 2.05) is 0 Å². The smallest absolute Gasteiger partial charge is 0.470 e. The molecule has 8 N–H and O–H groups in total. The highest BCUT2D eigenvalue weighted by molar-refractivity contribution is 7.46. The molecule has 22 nitrogen and oxygen atoms in total. The molecule has 0 aromatic carbocycles. The molecule has 0 saturated carbocycles. The summed E-state index contributed by atoms with van der Waals surface area (Å²) in [5, 5.41) is 40.9. The van der Waals surface area contributed by atoms with E-state index >= 15 is 0 Å². The number of carboxylic acid groups (broad SMARTS) is 1. The fraction of sp³-hybridized carbons (Fsp3) is 0.914. The van der Waals surface area contributed by atoms with E-state index in [4.69, 9.17) is 32.9 Å². The number of hydrogen-bond acceptors (Lipinski definition) is 16. The number of phosphoric ester groups is 1. The van der Waals surface area contributed by atoms with Crippen molar-refractivity contribution in [3.63, 3.8) is 0 Å². The number of carbonyl (C=O) groups excluding carboxylic acids is 5. The first-order chi connectivity index (χ1) is 45.0. The standard InChI is InChI=1S/C70H130N3O19P/c1-5-9-13-17-21-25-28-32-36-40-44-48-58(76)72-63-67(90-61(80)50-46-42-38-34-30-27-23-19-15-11-7-3)65(82)56(89-69(63)87-54-60(78)79)53-86-70-64(73-59(77)49-45-41-37-33-29-26-22-18-14-10-6-2)68(66(55(52-74)88-70)92-93(83,84)85)91-62(81)51-71-57(75)47-43-39-35-31-24-20-16-12-8-4/h55-56,63-70,74,82H,5-54H2,1-4H3,(H,71,75)(H,72,76)(H,73,77)(H,78,79)(H2,83,84,85)/t55-,56-,63-,64-,65-,66-,67-,68-,69+,70-/m1/s1. The Kier molecular flexibility index (Phi) is 51.3. The second kappa shape index (κ2) is 55.7. The molecule has 2 fully saturated rings. The lowest BCUT2D eigenvalue weighted by molar-refractivity contribution is -0.304. The van der Waals surface area contributed by atoms with Crippen molar-refractivity contribution in [2.24, 2.45) is 0 Å². The highest BCUT2D eigenvalue weighted by Gasteiger charge is 2.54. The fourth-order valence-corrected chi connectivity index (χ4v) is 12.8. The van der Waals surface area contributed by atoms with E-state index in [0.29, 0.717) is 32.1 Å². The van der Waals surface area contributed by atoms with Gasteiger partial charge in [-0.3, -0.25) is 28.5 Å². The molecule has 0 spiro atoms. The zero-order chi connectivity index (χ0) is 68.2. The molecule has 0 aromatic heterocycles. The number of unbranched alkanes of at least 4 members (excludes halogenated alkanes) is 38. The summed E-state index contributed by atoms with van der Waals surface area (Å²) < 4.78 is 54.1. The SMILES string of the molecule is CCCCCCCCCCCCCC(=O)N[C@H]1[C@H](OC[C@H]2O[C@H](OCC(=O)O)[C@H](NC(=O)CCCCCCCCCCCCC)[C@@H](OC(=O)CCCCCCCCCCCCC)[C@@H]2O)O[C@H](CO)[C@@H](OP(=O)(O)O)[C@@H]1OC(=O)CNC(=O)CCCCCCCCCCC. The summed E-state index contributed by atoms with van der Waals surface area (Å²) in [5.41, 5.74) is 0. The van der Waals surface area contributed by atoms with E-state index < -0.39 is 131 Å². The summed E-state index contributed by atoms with van der Waals surface area (Å²) in [7, 11) is -5.47. The van der Waals surface area contributed by atoms with Gasteiger partial charge in [-0.2, -0.15) is 0 Å². The van der Waals surface area contributed by atoms with Gasteiger partial charge < -0.3 is 69.5 Å². The molecular formula is C70H130N3O19P. The predicted molar refractivity (Wildman–Crippen MR) is 359 cm³/mol. The number of carbonyl (C=O) groups is 6. The third-order valence-electron chi connectivity index (χ3n) is 17.7. The number of aliphatic carboxylic acids is 1. The van der Waals surface area contributed by atoms with Crippen LogP contribution in [0.2, 0.25) is 0 Å². The van der Waals surface area contributed by atoms with Crippen molar-refractivity contribution in [1.29, 1.82) is 0 Å². The van der Waals surface area contributed by atoms with Crippen molar-refractivity contribution in [3.8, 4) is 0 Å². The molecule has 2 rings (SSSR count). The number of phosphoric acid groups is 1. The Labute approximate surface area is 559 Å². The lowest BCUT2D eigenvalue weighted by Crippen LogP contribution is -2.68. The summed E-state index contributed by atoms with van der Waals surface area (Å²) in [6.45, 7) is 5.44. The first-order valence-electron chi connectivity index (χ1n) is 37.0. The van der Waals surface area contributed by atoms with Crippen LogP contribution in [-0.4, -0.2) is 148 Å². The molecule has 0 radical (unpaired) electrons. The van der Waals surface area contributed by atoms with Crippen LogP contribution in [0.5, 0.6) is 0 Å². The Morgan fingerprint density at radius 2 is 0.753 bits per heavy atom. The maximum atomic E-state index is 14.0. The maximum absolute atomic E-state index is 14.0. The Hall–Kier alpha value is -3.31. The van der Waals surface area contributed by atoms with Crippen molar-refractivity contribution in [1.82, 2.24) is 16.0 Å². The predicted octanol–water partition coefficient (Wildman–Crippen LogP) is 13.3. The minimum atomic E-state index is -5.47. The first-order valence-corrected chi connectivity index (χ1v) is 38.5. The Morgan fingerprint density at radius 3 is 1.13 bits per heavy atom. The van der Waals surface area contributed by atoms with Crippen LogP contribution in [0.3, 0.4) is 0 Å². The molecule has 10 atom stereocenters. The second-order valence-corrected chi connectivity index (χ2v) is 27.4. The Balaban J connectivity index is 2.45.